The van der Waals surface area contributed by atoms with Gasteiger partial charge in [-0.3, -0.25) is 23.4 Å². The number of aliphatic hydroxyl groups is 2. The van der Waals surface area contributed by atoms with Crippen LogP contribution in [0.25, 0.3) is 0 Å². The van der Waals surface area contributed by atoms with Crippen molar-refractivity contribution in [3.8, 4) is 18.1 Å². The molecule has 170 valence electrons. The number of phosphoric acid groups is 1. The number of fused-ring (bicyclic) bond motifs is 1. The minimum absolute atomic E-state index is 0.103. The van der Waals surface area contributed by atoms with Crippen LogP contribution in [-0.4, -0.2) is 44.4 Å². The van der Waals surface area contributed by atoms with Crippen LogP contribution in [0.15, 0.2) is 34.0 Å². The highest BCUT2D eigenvalue weighted by atomic mass is 35.5. The highest BCUT2D eigenvalue weighted by Crippen LogP contribution is 2.56. The molecule has 1 aromatic carbocycles. The lowest BCUT2D eigenvalue weighted by Crippen LogP contribution is -2.43. The Balaban J connectivity index is 1.58. The molecule has 2 aliphatic rings. The van der Waals surface area contributed by atoms with Crippen LogP contribution in [0, 0.1) is 12.3 Å². The fourth-order valence-electron chi connectivity index (χ4n) is 2.99. The molecule has 2 aliphatic heterocycles. The third-order valence-electron chi connectivity index (χ3n) is 4.63. The molecule has 0 saturated carbocycles. The van der Waals surface area contributed by atoms with E-state index in [1.165, 1.54) is 18.2 Å². The molecule has 4 rings (SSSR count). The second-order valence-electron chi connectivity index (χ2n) is 6.77. The minimum Gasteiger partial charge on any atom is -0.404 e. The van der Waals surface area contributed by atoms with E-state index in [4.69, 9.17) is 37.7 Å². The summed E-state index contributed by atoms with van der Waals surface area (Å²) in [6.45, 7) is -1.57. The predicted molar refractivity (Wildman–Crippen MR) is 106 cm³/mol. The zero-order valence-corrected chi connectivity index (χ0v) is 17.5. The Morgan fingerprint density at radius 1 is 1.50 bits per heavy atom. The quantitative estimate of drug-likeness (QED) is 0.419. The summed E-state index contributed by atoms with van der Waals surface area (Å²) in [5.41, 5.74) is -2.21. The van der Waals surface area contributed by atoms with Crippen molar-refractivity contribution in [2.45, 2.75) is 30.9 Å². The van der Waals surface area contributed by atoms with Gasteiger partial charge >= 0.3 is 13.5 Å². The fraction of sp³-hybridized carbons (Fsp3) is 0.333. The predicted octanol–water partition coefficient (Wildman–Crippen LogP) is 0.822. The number of phosphoric ester groups is 1. The number of aromatic amines is 1. The van der Waals surface area contributed by atoms with Crippen LogP contribution in [0.4, 0.5) is 4.39 Å². The SMILES string of the molecule is [2H][C@@]1(n2cc(C#C)c(=O)[nH]c2=O)O[C@](F)(COP2(=O)OCc3cc(Cl)ccc3O2)[C@@H](O)[C@H]1O. The molecular formula is C18H15ClFN2O9P. The molecule has 1 fully saturated rings. The first-order valence-electron chi connectivity index (χ1n) is 9.36. The van der Waals surface area contributed by atoms with Crippen molar-refractivity contribution in [2.24, 2.45) is 0 Å². The summed E-state index contributed by atoms with van der Waals surface area (Å²) in [7, 11) is -4.40. The van der Waals surface area contributed by atoms with E-state index in [1.807, 2.05) is 5.92 Å². The average molecular weight is 490 g/mol. The number of nitrogens with zero attached hydrogens (tertiary/aromatic N) is 1. The Bertz CT molecular complexity index is 1330. The number of aliphatic hydroxyl groups excluding tert-OH is 2. The smallest absolute Gasteiger partial charge is 0.404 e. The molecule has 0 spiro atoms. The molecule has 0 radical (unpaired) electrons. The zero-order chi connectivity index (χ0) is 24.2. The lowest BCUT2D eigenvalue weighted by Gasteiger charge is -2.28. The number of nitrogens with one attached hydrogen (secondary N) is 1. The average Bonchev–Trinajstić information content (AvgIpc) is 2.94. The van der Waals surface area contributed by atoms with Crippen LogP contribution < -0.4 is 15.8 Å². The number of hydrogen-bond acceptors (Lipinski definition) is 9. The Labute approximate surface area is 185 Å². The third-order valence-corrected chi connectivity index (χ3v) is 6.18. The van der Waals surface area contributed by atoms with Crippen molar-refractivity contribution in [2.75, 3.05) is 6.61 Å². The van der Waals surface area contributed by atoms with E-state index >= 15 is 4.39 Å². The van der Waals surface area contributed by atoms with Gasteiger partial charge in [0.05, 0.1) is 7.98 Å². The van der Waals surface area contributed by atoms with Crippen molar-refractivity contribution in [3.05, 3.63) is 61.4 Å². The maximum atomic E-state index is 15.5. The first kappa shape index (κ1) is 21.4. The number of halogens is 2. The summed E-state index contributed by atoms with van der Waals surface area (Å²) in [6, 6.07) is 4.35. The van der Waals surface area contributed by atoms with E-state index in [-0.39, 0.29) is 12.4 Å². The van der Waals surface area contributed by atoms with Gasteiger partial charge in [-0.15, -0.1) is 6.42 Å². The monoisotopic (exact) mass is 489 g/mol. The summed E-state index contributed by atoms with van der Waals surface area (Å²) in [5, 5.41) is 20.9. The Morgan fingerprint density at radius 3 is 2.97 bits per heavy atom. The van der Waals surface area contributed by atoms with Crippen LogP contribution in [0.5, 0.6) is 5.75 Å². The second kappa shape index (κ2) is 8.13. The van der Waals surface area contributed by atoms with Crippen LogP contribution in [0.1, 0.15) is 18.7 Å². The van der Waals surface area contributed by atoms with Crippen molar-refractivity contribution in [3.63, 3.8) is 0 Å². The normalized spacial score (nSPS) is 34.3. The fourth-order valence-corrected chi connectivity index (χ4v) is 4.41. The molecule has 32 heavy (non-hydrogen) atoms. The minimum atomic E-state index is -4.40. The van der Waals surface area contributed by atoms with E-state index < -0.39 is 55.5 Å². The zero-order valence-electron chi connectivity index (χ0n) is 16.9. The Hall–Kier alpha value is -2.49. The van der Waals surface area contributed by atoms with Crippen LogP contribution >= 0.6 is 19.4 Å². The lowest BCUT2D eigenvalue weighted by molar-refractivity contribution is -0.205. The number of terminal acetylenes is 1. The number of aromatic nitrogens is 2. The van der Waals surface area contributed by atoms with Gasteiger partial charge in [0.15, 0.2) is 6.20 Å². The van der Waals surface area contributed by atoms with Gasteiger partial charge in [-0.25, -0.2) is 13.8 Å². The van der Waals surface area contributed by atoms with Crippen LogP contribution in [0.2, 0.25) is 5.02 Å². The lowest BCUT2D eigenvalue weighted by atomic mass is 10.1. The van der Waals surface area contributed by atoms with Crippen LogP contribution in [-0.2, 0) is 25.0 Å². The van der Waals surface area contributed by atoms with E-state index in [2.05, 4.69) is 0 Å². The van der Waals surface area contributed by atoms with Gasteiger partial charge < -0.3 is 19.5 Å². The van der Waals surface area contributed by atoms with Crippen molar-refractivity contribution in [1.29, 1.82) is 0 Å². The van der Waals surface area contributed by atoms with Crippen molar-refractivity contribution >= 4 is 19.4 Å². The van der Waals surface area contributed by atoms with Crippen LogP contribution in [0.3, 0.4) is 0 Å². The number of rotatable bonds is 4. The number of hydrogen-bond donors (Lipinski definition) is 3. The summed E-state index contributed by atoms with van der Waals surface area (Å²) < 4.78 is 56.8. The standard InChI is InChI=1S/C18H15ClFN2O9P/c1-2-9-6-22(17(26)21-15(9)25)16-13(23)14(24)18(20,30-16)8-29-32(27)28-7-10-5-11(19)3-4-12(10)31-32/h1,3-6,13-14,16,23-24H,7-8H2,(H,21,25,26)/t13-,14+,16-,18-,32?/m1/s1/i16D. The highest BCUT2D eigenvalue weighted by Gasteiger charge is 2.57. The molecule has 2 aromatic rings. The maximum absolute atomic E-state index is 15.5. The maximum Gasteiger partial charge on any atom is 0.530 e. The van der Waals surface area contributed by atoms with Gasteiger partial charge in [0.2, 0.25) is 0 Å². The van der Waals surface area contributed by atoms with Crippen molar-refractivity contribution in [1.82, 2.24) is 9.55 Å². The first-order valence-corrected chi connectivity index (χ1v) is 10.7. The second-order valence-corrected chi connectivity index (χ2v) is 8.80. The topological polar surface area (TPSA) is 149 Å². The molecule has 1 unspecified atom stereocenters. The largest absolute Gasteiger partial charge is 0.530 e. The molecule has 3 heterocycles. The summed E-state index contributed by atoms with van der Waals surface area (Å²) >= 11 is 5.86. The Kier molecular flexibility index (Phi) is 5.43. The first-order chi connectivity index (χ1) is 15.4. The molecule has 0 aliphatic carbocycles. The summed E-state index contributed by atoms with van der Waals surface area (Å²) in [5.74, 6) is -1.29. The molecule has 14 heteroatoms. The third kappa shape index (κ3) is 4.00. The molecule has 0 amide bonds. The highest BCUT2D eigenvalue weighted by molar-refractivity contribution is 7.49. The molecule has 5 atom stereocenters. The van der Waals surface area contributed by atoms with E-state index in [0.29, 0.717) is 21.4 Å². The van der Waals surface area contributed by atoms with Gasteiger partial charge in [-0.2, -0.15) is 0 Å². The van der Waals surface area contributed by atoms with E-state index in [1.54, 1.807) is 4.98 Å². The Morgan fingerprint density at radius 2 is 2.25 bits per heavy atom. The van der Waals surface area contributed by atoms with Gasteiger partial charge in [0.25, 0.3) is 11.4 Å². The summed E-state index contributed by atoms with van der Waals surface area (Å²) in [6.07, 6.45) is -1.95. The van der Waals surface area contributed by atoms with Crippen molar-refractivity contribution < 1.29 is 38.8 Å². The molecule has 1 saturated heterocycles. The molecule has 0 bridgehead atoms. The molecule has 11 nitrogen and oxygen atoms in total. The summed E-state index contributed by atoms with van der Waals surface area (Å²) in [4.78, 5) is 25.6. The van der Waals surface area contributed by atoms with E-state index in [9.17, 15) is 24.4 Å². The van der Waals surface area contributed by atoms with Gasteiger partial charge in [-0.1, -0.05) is 17.5 Å². The molecule has 3 N–H and O–H groups in total. The number of ether oxygens (including phenoxy) is 1. The number of benzene rings is 1. The molecule has 1 aromatic heterocycles. The van der Waals surface area contributed by atoms with Gasteiger partial charge in [0.1, 0.15) is 30.1 Å². The van der Waals surface area contributed by atoms with Gasteiger partial charge in [-0.05, 0) is 18.2 Å². The van der Waals surface area contributed by atoms with E-state index in [0.717, 1.165) is 0 Å². The number of alkyl halides is 1. The number of H-pyrrole nitrogens is 1. The van der Waals surface area contributed by atoms with Gasteiger partial charge in [0, 0.05) is 16.8 Å². The molecular weight excluding hydrogens is 474 g/mol.